The topological polar surface area (TPSA) is 67.4 Å². The number of hydrogen-bond donors (Lipinski definition) is 2. The Morgan fingerprint density at radius 3 is 2.52 bits per heavy atom. The van der Waals surface area contributed by atoms with E-state index in [-0.39, 0.29) is 12.2 Å². The van der Waals surface area contributed by atoms with Crippen LogP contribution in [-0.2, 0) is 4.79 Å². The van der Waals surface area contributed by atoms with Crippen molar-refractivity contribution in [2.45, 2.75) is 19.8 Å². The minimum absolute atomic E-state index is 0.234. The van der Waals surface area contributed by atoms with Crippen molar-refractivity contribution >= 4 is 39.3 Å². The van der Waals surface area contributed by atoms with Crippen LogP contribution in [0.5, 0.6) is 5.75 Å². The Balaban J connectivity index is 1.85. The van der Waals surface area contributed by atoms with Gasteiger partial charge < -0.3 is 4.74 Å². The summed E-state index contributed by atoms with van der Waals surface area (Å²) < 4.78 is 6.23. The molecule has 2 aromatic rings. The number of ether oxygens (including phenoxy) is 1. The lowest BCUT2D eigenvalue weighted by Gasteiger charge is -2.12. The number of hydrazine groups is 1. The second-order valence-corrected chi connectivity index (χ2v) is 6.88. The molecule has 0 saturated heterocycles. The molecule has 0 saturated carbocycles. The van der Waals surface area contributed by atoms with Crippen molar-refractivity contribution in [2.75, 3.05) is 6.61 Å². The minimum Gasteiger partial charge on any atom is -0.483 e. The van der Waals surface area contributed by atoms with Crippen molar-refractivity contribution in [3.63, 3.8) is 0 Å². The molecule has 0 atom stereocenters. The highest BCUT2D eigenvalue weighted by Crippen LogP contribution is 2.28. The highest BCUT2D eigenvalue weighted by atomic mass is 79.9. The first-order chi connectivity index (χ1) is 11.9. The predicted molar refractivity (Wildman–Crippen MR) is 101 cm³/mol. The first-order valence-electron chi connectivity index (χ1n) is 7.64. The third-order valence-electron chi connectivity index (χ3n) is 3.42. The van der Waals surface area contributed by atoms with Gasteiger partial charge in [0.05, 0.1) is 15.1 Å². The summed E-state index contributed by atoms with van der Waals surface area (Å²) in [5.74, 6) is -0.0349. The van der Waals surface area contributed by atoms with Crippen molar-refractivity contribution < 1.29 is 14.3 Å². The third kappa shape index (κ3) is 5.47. The molecular formula is C18H18BrClN2O3. The van der Waals surface area contributed by atoms with Crippen molar-refractivity contribution in [3.8, 4) is 5.75 Å². The van der Waals surface area contributed by atoms with E-state index in [1.165, 1.54) is 0 Å². The molecule has 0 aliphatic heterocycles. The zero-order valence-electron chi connectivity index (χ0n) is 13.8. The average molecular weight is 426 g/mol. The van der Waals surface area contributed by atoms with E-state index in [1.807, 2.05) is 12.1 Å². The fraction of sp³-hybridized carbons (Fsp3) is 0.222. The molecule has 25 heavy (non-hydrogen) atoms. The number of carbonyl (C=O) groups is 2. The van der Waals surface area contributed by atoms with Crippen LogP contribution in [0, 0.1) is 0 Å². The molecule has 0 unspecified atom stereocenters. The predicted octanol–water partition coefficient (Wildman–Crippen LogP) is 4.07. The van der Waals surface area contributed by atoms with Gasteiger partial charge in [0.2, 0.25) is 0 Å². The molecular weight excluding hydrogens is 408 g/mol. The van der Waals surface area contributed by atoms with Crippen molar-refractivity contribution in [2.24, 2.45) is 0 Å². The van der Waals surface area contributed by atoms with Crippen molar-refractivity contribution in [1.29, 1.82) is 0 Å². The second-order valence-electron chi connectivity index (χ2n) is 5.62. The van der Waals surface area contributed by atoms with Crippen LogP contribution in [-0.4, -0.2) is 18.4 Å². The molecule has 132 valence electrons. The highest BCUT2D eigenvalue weighted by Gasteiger charge is 2.12. The zero-order chi connectivity index (χ0) is 18.4. The van der Waals surface area contributed by atoms with Gasteiger partial charge in [-0.25, -0.2) is 0 Å². The number of nitrogens with one attached hydrogen (secondary N) is 2. The summed E-state index contributed by atoms with van der Waals surface area (Å²) in [7, 11) is 0. The summed E-state index contributed by atoms with van der Waals surface area (Å²) in [5, 5.41) is 0.305. The maximum atomic E-state index is 11.9. The van der Waals surface area contributed by atoms with E-state index in [0.717, 1.165) is 10.0 Å². The van der Waals surface area contributed by atoms with E-state index < -0.39 is 11.8 Å². The third-order valence-corrected chi connectivity index (χ3v) is 4.36. The molecule has 0 aliphatic rings. The quantitative estimate of drug-likeness (QED) is 0.710. The fourth-order valence-corrected chi connectivity index (χ4v) is 2.74. The van der Waals surface area contributed by atoms with Gasteiger partial charge in [-0.05, 0) is 51.7 Å². The molecule has 2 aromatic carbocycles. The lowest BCUT2D eigenvalue weighted by Crippen LogP contribution is -2.43. The fourth-order valence-electron chi connectivity index (χ4n) is 2.01. The summed E-state index contributed by atoms with van der Waals surface area (Å²) in [4.78, 5) is 23.8. The number of hydrogen-bond acceptors (Lipinski definition) is 3. The molecule has 0 bridgehead atoms. The molecule has 0 aliphatic carbocycles. The van der Waals surface area contributed by atoms with Gasteiger partial charge in [0, 0.05) is 0 Å². The zero-order valence-corrected chi connectivity index (χ0v) is 16.1. The highest BCUT2D eigenvalue weighted by molar-refractivity contribution is 9.10. The van der Waals surface area contributed by atoms with Gasteiger partial charge in [-0.1, -0.05) is 43.6 Å². The average Bonchev–Trinajstić information content (AvgIpc) is 2.58. The van der Waals surface area contributed by atoms with Gasteiger partial charge >= 0.3 is 0 Å². The van der Waals surface area contributed by atoms with Crippen molar-refractivity contribution in [3.05, 3.63) is 63.1 Å². The largest absolute Gasteiger partial charge is 0.483 e. The Morgan fingerprint density at radius 2 is 1.88 bits per heavy atom. The summed E-state index contributed by atoms with van der Waals surface area (Å²) >= 11 is 9.35. The summed E-state index contributed by atoms with van der Waals surface area (Å²) in [6.45, 7) is 3.96. The van der Waals surface area contributed by atoms with E-state index in [2.05, 4.69) is 40.6 Å². The van der Waals surface area contributed by atoms with E-state index >= 15 is 0 Å². The number of carbonyl (C=O) groups excluding carboxylic acids is 2. The Labute approximate surface area is 159 Å². The Morgan fingerprint density at radius 1 is 1.16 bits per heavy atom. The molecule has 5 nitrogen and oxygen atoms in total. The van der Waals surface area contributed by atoms with Crippen LogP contribution >= 0.6 is 27.5 Å². The molecule has 0 spiro atoms. The molecule has 0 radical (unpaired) electrons. The lowest BCUT2D eigenvalue weighted by molar-refractivity contribution is -0.123. The smallest absolute Gasteiger partial charge is 0.276 e. The normalized spacial score (nSPS) is 10.4. The van der Waals surface area contributed by atoms with Crippen LogP contribution in [0.4, 0.5) is 0 Å². The lowest BCUT2D eigenvalue weighted by atomic mass is 10.0. The molecule has 2 N–H and O–H groups in total. The maximum absolute atomic E-state index is 11.9. The van der Waals surface area contributed by atoms with Crippen LogP contribution in [0.15, 0.2) is 46.9 Å². The van der Waals surface area contributed by atoms with E-state index in [4.69, 9.17) is 16.3 Å². The van der Waals surface area contributed by atoms with Crippen LogP contribution in [0.3, 0.4) is 0 Å². The Bertz CT molecular complexity index is 781. The number of benzene rings is 2. The SMILES string of the molecule is CC(C)c1ccc(OCC(=O)NNC(=O)c2ccccc2Cl)c(Br)c1. The maximum Gasteiger partial charge on any atom is 0.276 e. The van der Waals surface area contributed by atoms with E-state index in [0.29, 0.717) is 16.7 Å². The first-order valence-corrected chi connectivity index (χ1v) is 8.81. The number of halogens is 2. The summed E-state index contributed by atoms with van der Waals surface area (Å²) in [6, 6.07) is 12.3. The molecule has 2 amide bonds. The van der Waals surface area contributed by atoms with Crippen LogP contribution in [0.25, 0.3) is 0 Å². The van der Waals surface area contributed by atoms with Gasteiger partial charge in [0.25, 0.3) is 11.8 Å². The Hall–Kier alpha value is -2.05. The molecule has 0 fully saturated rings. The second kappa shape index (κ2) is 8.87. The van der Waals surface area contributed by atoms with Gasteiger partial charge in [0.15, 0.2) is 6.61 Å². The molecule has 0 aromatic heterocycles. The van der Waals surface area contributed by atoms with Gasteiger partial charge in [-0.3, -0.25) is 20.4 Å². The number of amides is 2. The summed E-state index contributed by atoms with van der Waals surface area (Å²) in [6.07, 6.45) is 0. The number of rotatable bonds is 5. The van der Waals surface area contributed by atoms with Gasteiger partial charge in [-0.2, -0.15) is 0 Å². The van der Waals surface area contributed by atoms with Gasteiger partial charge in [0.1, 0.15) is 5.75 Å². The summed E-state index contributed by atoms with van der Waals surface area (Å²) in [5.41, 5.74) is 6.03. The van der Waals surface area contributed by atoms with Crippen LogP contribution < -0.4 is 15.6 Å². The minimum atomic E-state index is -0.499. The Kier molecular flexibility index (Phi) is 6.84. The van der Waals surface area contributed by atoms with Crippen molar-refractivity contribution in [1.82, 2.24) is 10.9 Å². The molecule has 7 heteroatoms. The van der Waals surface area contributed by atoms with Gasteiger partial charge in [-0.15, -0.1) is 0 Å². The van der Waals surface area contributed by atoms with Crippen LogP contribution in [0.1, 0.15) is 35.7 Å². The molecule has 2 rings (SSSR count). The molecule has 0 heterocycles. The van der Waals surface area contributed by atoms with Crippen LogP contribution in [0.2, 0.25) is 5.02 Å². The van der Waals surface area contributed by atoms with E-state index in [1.54, 1.807) is 30.3 Å². The first kappa shape index (κ1) is 19.3. The standard InChI is InChI=1S/C18H18BrClN2O3/c1-11(2)12-7-8-16(14(19)9-12)25-10-17(23)21-22-18(24)13-5-3-4-6-15(13)20/h3-9,11H,10H2,1-2H3,(H,21,23)(H,22,24). The van der Waals surface area contributed by atoms with E-state index in [9.17, 15) is 9.59 Å². The monoisotopic (exact) mass is 424 g/mol.